The second kappa shape index (κ2) is 30.6. The maximum absolute atomic E-state index is 12.1. The predicted octanol–water partition coefficient (Wildman–Crippen LogP) is 13.1. The van der Waals surface area contributed by atoms with Crippen molar-refractivity contribution < 1.29 is 79.2 Å². The van der Waals surface area contributed by atoms with Crippen molar-refractivity contribution in [3.63, 3.8) is 0 Å². The Labute approximate surface area is 666 Å². The summed E-state index contributed by atoms with van der Waals surface area (Å²) in [4.78, 5) is 93.2. The highest BCUT2D eigenvalue weighted by Crippen LogP contribution is 2.61. The highest BCUT2D eigenvalue weighted by molar-refractivity contribution is 6.31. The first-order chi connectivity index (χ1) is 53.0. The minimum absolute atomic E-state index is 0.0643. The maximum atomic E-state index is 12.1. The van der Waals surface area contributed by atoms with Crippen molar-refractivity contribution in [2.75, 3.05) is 0 Å². The molecule has 0 amide bonds. The number of benzene rings is 11. The second-order valence-corrected chi connectivity index (χ2v) is 32.0. The summed E-state index contributed by atoms with van der Waals surface area (Å²) in [7, 11) is 0. The fourth-order valence-corrected chi connectivity index (χ4v) is 20.0. The van der Waals surface area contributed by atoms with Crippen molar-refractivity contribution >= 4 is 80.1 Å². The molecule has 11 aromatic carbocycles. The van der Waals surface area contributed by atoms with Crippen LogP contribution in [0.5, 0.6) is 0 Å². The number of carboxylic acids is 8. The van der Waals surface area contributed by atoms with Gasteiger partial charge in [-0.3, -0.25) is 0 Å². The van der Waals surface area contributed by atoms with Crippen molar-refractivity contribution in [1.29, 1.82) is 0 Å². The molecule has 0 bridgehead atoms. The quantitative estimate of drug-likeness (QED) is 0.109. The van der Waals surface area contributed by atoms with Crippen molar-refractivity contribution in [2.45, 2.75) is 218 Å². The molecule has 0 aromatic heterocycles. The highest BCUT2D eigenvalue weighted by Gasteiger charge is 2.43. The molecule has 114 heavy (non-hydrogen) atoms. The Morgan fingerprint density at radius 3 is 0.509 bits per heavy atom. The Hall–Kier alpha value is -11.8. The van der Waals surface area contributed by atoms with E-state index in [0.717, 1.165) is 210 Å². The Morgan fingerprint density at radius 2 is 0.342 bits per heavy atom. The summed E-state index contributed by atoms with van der Waals surface area (Å²) >= 11 is 0. The first-order valence-corrected chi connectivity index (χ1v) is 38.3. The summed E-state index contributed by atoms with van der Waals surface area (Å²) < 4.78 is 0. The normalized spacial score (nSPS) is 14.5. The van der Waals surface area contributed by atoms with Gasteiger partial charge in [-0.15, -0.1) is 0 Å². The monoisotopic (exact) mass is 1530 g/mol. The van der Waals surface area contributed by atoms with Gasteiger partial charge < -0.3 is 79.2 Å². The van der Waals surface area contributed by atoms with Crippen LogP contribution in [0.25, 0.3) is 76.8 Å². The molecular formula is C98H96O16-8. The Bertz CT molecular complexity index is 5510. The average Bonchev–Trinajstić information content (AvgIpc) is 0.710. The number of carboxylic acid groups (broad SMARTS) is 8. The zero-order valence-electron chi connectivity index (χ0n) is 70.5. The van der Waals surface area contributed by atoms with E-state index >= 15 is 0 Å². The van der Waals surface area contributed by atoms with Crippen LogP contribution in [0.15, 0.2) is 48.5 Å². The number of hydrogen-bond acceptors (Lipinski definition) is 16. The molecule has 4 atom stereocenters. The van der Waals surface area contributed by atoms with Gasteiger partial charge in [-0.2, -0.15) is 0 Å². The van der Waals surface area contributed by atoms with Crippen LogP contribution >= 0.6 is 0 Å². The molecule has 16 heteroatoms. The second-order valence-electron chi connectivity index (χ2n) is 32.0. The van der Waals surface area contributed by atoms with E-state index in [4.69, 9.17) is 0 Å². The fourth-order valence-electron chi connectivity index (χ4n) is 20.0. The van der Waals surface area contributed by atoms with E-state index in [1.54, 1.807) is 24.3 Å². The van der Waals surface area contributed by atoms with Gasteiger partial charge in [-0.25, -0.2) is 0 Å². The number of rotatable bonds is 11. The molecule has 0 heterocycles. The molecular weight excluding hydrogens is 1430 g/mol. The van der Waals surface area contributed by atoms with Crippen LogP contribution in [0, 0.1) is 166 Å². The summed E-state index contributed by atoms with van der Waals surface area (Å²) in [5, 5.41) is 98.9. The number of carbonyl (C=O) groups is 8. The van der Waals surface area contributed by atoms with E-state index in [9.17, 15) is 79.2 Å². The van der Waals surface area contributed by atoms with Crippen molar-refractivity contribution in [3.8, 4) is 44.5 Å². The molecule has 0 saturated carbocycles. The van der Waals surface area contributed by atoms with Crippen molar-refractivity contribution in [1.82, 2.24) is 0 Å². The standard InChI is InChI=1S/C32H38O4.C26H30O4.C26H26O4.C14H10O4/c1-13-14(2)26(28-19(7)23(11)30(32(35)36)24(12)20(28)8)16(4)15(3)25(13)27-17(5)21(9)29(31(33)34)22(10)18(27)6;2*1-9-10(2)18-14(6)22(26(29)30)16(8)20-12(4)11(3)19-15(7)21(25(27)28)13(5)17(9)23(19)24(18)20;15-13(16)11-5-1-9(2-6-11)10-3-7-12(8-4-10)14(17)18/h1-12H3,(H,33,34)(H,35,36);9-12H,1-8H3,(H,27,28)(H,29,30);1-8H3,(H,27,28)(H,29,30);1-8H,(H,15,16)(H,17,18)/p-8. The van der Waals surface area contributed by atoms with Gasteiger partial charge in [0.2, 0.25) is 0 Å². The summed E-state index contributed by atoms with van der Waals surface area (Å²) in [5.74, 6) is -9.07. The number of aromatic carboxylic acids is 8. The molecule has 0 N–H and O–H groups in total. The molecule has 2 aliphatic carbocycles. The third-order valence-electron chi connectivity index (χ3n) is 26.8. The number of hydrogen-bond donors (Lipinski definition) is 0. The Kier molecular flexibility index (Phi) is 22.7. The van der Waals surface area contributed by atoms with Crippen LogP contribution in [0.1, 0.15) is 290 Å². The van der Waals surface area contributed by atoms with E-state index in [2.05, 4.69) is 55.4 Å². The maximum Gasteiger partial charge on any atom is 0.0721 e. The van der Waals surface area contributed by atoms with Crippen molar-refractivity contribution in [3.05, 3.63) is 249 Å². The predicted molar refractivity (Wildman–Crippen MR) is 433 cm³/mol. The molecule has 13 rings (SSSR count). The summed E-state index contributed by atoms with van der Waals surface area (Å²) in [6.45, 7) is 55.1. The van der Waals surface area contributed by atoms with Gasteiger partial charge in [0, 0.05) is 33.4 Å². The SMILES string of the molecule is Cc1c(C(=O)[O-])c(C)c2c(C)c(C)c3c(C)c(C(=O)[O-])c(C)c4c(C)c(C)c1c2c43.Cc1c(C(=O)[O-])c(C)c2c3c1C(C)C(C)c1c(C)c(C(=O)[O-])c(C)c(c1-3)C(C)C2C.Cc1c(C)c(-c2c(C)c(C)c(-c3c(C)c(C)c(C(=O)[O-])c(C)c3C)c(C)c2C)c(C)c(C)c1C(=O)[O-].O=C([O-])c1ccc(-c2ccc(C(=O)[O-])cc2)cc1. The van der Waals surface area contributed by atoms with E-state index in [1.165, 1.54) is 24.3 Å². The van der Waals surface area contributed by atoms with Crippen LogP contribution in [0.3, 0.4) is 0 Å². The van der Waals surface area contributed by atoms with Crippen molar-refractivity contribution in [2.24, 2.45) is 0 Å². The molecule has 11 aromatic rings. The minimum Gasteiger partial charge on any atom is -0.545 e. The highest BCUT2D eigenvalue weighted by atomic mass is 16.4. The molecule has 0 aliphatic heterocycles. The average molecular weight is 1530 g/mol. The molecule has 16 nitrogen and oxygen atoms in total. The Balaban J connectivity index is 0.000000164. The Morgan fingerprint density at radius 1 is 0.184 bits per heavy atom. The molecule has 4 unspecified atom stereocenters. The van der Waals surface area contributed by atoms with Crippen LogP contribution in [-0.4, -0.2) is 47.8 Å². The minimum atomic E-state index is -1.23. The third-order valence-corrected chi connectivity index (χ3v) is 26.8. The topological polar surface area (TPSA) is 321 Å². The largest absolute Gasteiger partial charge is 0.545 e. The van der Waals surface area contributed by atoms with Crippen LogP contribution in [0.4, 0.5) is 0 Å². The molecule has 592 valence electrons. The fraction of sp³-hybridized carbons (Fsp3) is 0.327. The van der Waals surface area contributed by atoms with E-state index in [1.807, 2.05) is 138 Å². The number of aryl methyl sites for hydroxylation is 8. The van der Waals surface area contributed by atoms with E-state index in [-0.39, 0.29) is 57.1 Å². The molecule has 2 aliphatic rings. The van der Waals surface area contributed by atoms with Gasteiger partial charge in [-0.05, 0) is 434 Å². The first-order valence-electron chi connectivity index (χ1n) is 38.3. The summed E-state index contributed by atoms with van der Waals surface area (Å²) in [6, 6.07) is 12.3. The van der Waals surface area contributed by atoms with Gasteiger partial charge in [0.05, 0.1) is 47.8 Å². The summed E-state index contributed by atoms with van der Waals surface area (Å²) in [6.07, 6.45) is 0. The van der Waals surface area contributed by atoms with Gasteiger partial charge >= 0.3 is 0 Å². The van der Waals surface area contributed by atoms with Gasteiger partial charge in [0.25, 0.3) is 0 Å². The van der Waals surface area contributed by atoms with Crippen LogP contribution in [-0.2, 0) is 0 Å². The molecule has 0 spiro atoms. The lowest BCUT2D eigenvalue weighted by Gasteiger charge is -2.45. The van der Waals surface area contributed by atoms with E-state index < -0.39 is 47.8 Å². The van der Waals surface area contributed by atoms with Crippen LogP contribution in [0.2, 0.25) is 0 Å². The van der Waals surface area contributed by atoms with Gasteiger partial charge in [0.15, 0.2) is 0 Å². The smallest absolute Gasteiger partial charge is 0.0721 e. The zero-order chi connectivity index (χ0) is 85.5. The zero-order valence-corrected chi connectivity index (χ0v) is 70.5. The van der Waals surface area contributed by atoms with E-state index in [0.29, 0.717) is 33.4 Å². The van der Waals surface area contributed by atoms with Gasteiger partial charge in [-0.1, -0.05) is 76.2 Å². The third kappa shape index (κ3) is 12.9. The molecule has 0 saturated heterocycles. The van der Waals surface area contributed by atoms with Gasteiger partial charge in [0.1, 0.15) is 0 Å². The lowest BCUT2D eigenvalue weighted by atomic mass is 9.59. The summed E-state index contributed by atoms with van der Waals surface area (Å²) in [5.41, 5.74) is 35.6. The lowest BCUT2D eigenvalue weighted by molar-refractivity contribution is -0.256. The molecule has 0 fully saturated rings. The first kappa shape index (κ1) is 84.7. The molecule has 0 radical (unpaired) electrons. The number of carbonyl (C=O) groups excluding carboxylic acids is 8. The lowest BCUT2D eigenvalue weighted by Crippen LogP contribution is -2.32. The van der Waals surface area contributed by atoms with Crippen LogP contribution < -0.4 is 40.9 Å².